The Morgan fingerprint density at radius 3 is 2.43 bits per heavy atom. The van der Waals surface area contributed by atoms with Crippen molar-refractivity contribution in [1.29, 1.82) is 10.5 Å². The van der Waals surface area contributed by atoms with E-state index in [9.17, 15) is 10.1 Å². The smallest absolute Gasteiger partial charge is 0.270 e. The zero-order chi connectivity index (χ0) is 16.3. The summed E-state index contributed by atoms with van der Waals surface area (Å²) < 4.78 is 0. The maximum absolute atomic E-state index is 12.5. The predicted octanol–water partition coefficient (Wildman–Crippen LogP) is 2.58. The lowest BCUT2D eigenvalue weighted by molar-refractivity contribution is 0.0686. The lowest BCUT2D eigenvalue weighted by atomic mass is 9.74. The van der Waals surface area contributed by atoms with Crippen LogP contribution in [0.25, 0.3) is 0 Å². The number of aromatic nitrogens is 1. The Hall–Kier alpha value is -3.05. The molecule has 1 saturated heterocycles. The van der Waals surface area contributed by atoms with Crippen molar-refractivity contribution in [3.05, 3.63) is 59.4 Å². The molecule has 2 aromatic rings. The lowest BCUT2D eigenvalue weighted by Crippen LogP contribution is -2.44. The zero-order valence-electron chi connectivity index (χ0n) is 12.6. The average Bonchev–Trinajstić information content (AvgIpc) is 3.11. The third-order valence-corrected chi connectivity index (χ3v) is 4.49. The van der Waals surface area contributed by atoms with Gasteiger partial charge in [0.1, 0.15) is 11.8 Å². The van der Waals surface area contributed by atoms with Crippen molar-refractivity contribution in [2.24, 2.45) is 0 Å². The van der Waals surface area contributed by atoms with Crippen LogP contribution in [0.1, 0.15) is 34.5 Å². The average molecular weight is 304 g/mol. The van der Waals surface area contributed by atoms with Crippen LogP contribution in [-0.2, 0) is 5.41 Å². The molecule has 3 rings (SSSR count). The number of aromatic amines is 1. The fraction of sp³-hybridized carbons (Fsp3) is 0.278. The monoisotopic (exact) mass is 304 g/mol. The quantitative estimate of drug-likeness (QED) is 0.925. The van der Waals surface area contributed by atoms with E-state index >= 15 is 0 Å². The molecule has 1 aliphatic heterocycles. The molecule has 0 unspecified atom stereocenters. The first-order chi connectivity index (χ1) is 11.2. The molecule has 1 fully saturated rings. The van der Waals surface area contributed by atoms with Gasteiger partial charge >= 0.3 is 0 Å². The highest BCUT2D eigenvalue weighted by Gasteiger charge is 2.37. The number of H-pyrrole nitrogens is 1. The second-order valence-corrected chi connectivity index (χ2v) is 5.77. The summed E-state index contributed by atoms with van der Waals surface area (Å²) in [6, 6.07) is 15.8. The van der Waals surface area contributed by atoms with Crippen LogP contribution in [0.5, 0.6) is 0 Å². The molecule has 114 valence electrons. The fourth-order valence-electron chi connectivity index (χ4n) is 3.07. The van der Waals surface area contributed by atoms with Crippen LogP contribution in [0.15, 0.2) is 42.6 Å². The molecule has 1 aromatic carbocycles. The number of amides is 1. The molecule has 1 aromatic heterocycles. The fourth-order valence-corrected chi connectivity index (χ4v) is 3.07. The summed E-state index contributed by atoms with van der Waals surface area (Å²) in [5, 5.41) is 18.5. The van der Waals surface area contributed by atoms with Crippen molar-refractivity contribution in [2.45, 2.75) is 18.3 Å². The molecule has 0 spiro atoms. The molecule has 0 aliphatic carbocycles. The van der Waals surface area contributed by atoms with Gasteiger partial charge < -0.3 is 9.88 Å². The van der Waals surface area contributed by atoms with Crippen molar-refractivity contribution >= 4 is 5.91 Å². The molecular formula is C18H16N4O. The second-order valence-electron chi connectivity index (χ2n) is 5.77. The number of likely N-dealkylation sites (tertiary alicyclic amines) is 1. The number of benzene rings is 1. The topological polar surface area (TPSA) is 83.7 Å². The molecular weight excluding hydrogens is 288 g/mol. The highest BCUT2D eigenvalue weighted by atomic mass is 16.2. The molecule has 0 saturated carbocycles. The molecule has 1 N–H and O–H groups in total. The Morgan fingerprint density at radius 2 is 1.87 bits per heavy atom. The van der Waals surface area contributed by atoms with E-state index in [-0.39, 0.29) is 5.91 Å². The third kappa shape index (κ3) is 2.69. The Balaban J connectivity index is 1.74. The first kappa shape index (κ1) is 14.9. The van der Waals surface area contributed by atoms with Gasteiger partial charge in [0.2, 0.25) is 0 Å². The van der Waals surface area contributed by atoms with E-state index in [4.69, 9.17) is 5.26 Å². The Morgan fingerprint density at radius 1 is 1.17 bits per heavy atom. The third-order valence-electron chi connectivity index (χ3n) is 4.49. The van der Waals surface area contributed by atoms with E-state index < -0.39 is 5.41 Å². The Kier molecular flexibility index (Phi) is 3.87. The number of hydrogen-bond donors (Lipinski definition) is 1. The van der Waals surface area contributed by atoms with E-state index in [1.54, 1.807) is 11.0 Å². The number of piperidine rings is 1. The van der Waals surface area contributed by atoms with Crippen LogP contribution in [0, 0.1) is 22.7 Å². The van der Waals surface area contributed by atoms with Gasteiger partial charge in [-0.2, -0.15) is 10.5 Å². The van der Waals surface area contributed by atoms with Gasteiger partial charge in [0.25, 0.3) is 5.91 Å². The van der Waals surface area contributed by atoms with E-state index in [1.165, 1.54) is 6.20 Å². The van der Waals surface area contributed by atoms with Gasteiger partial charge in [-0.15, -0.1) is 0 Å². The predicted molar refractivity (Wildman–Crippen MR) is 84.4 cm³/mol. The summed E-state index contributed by atoms with van der Waals surface area (Å²) >= 11 is 0. The van der Waals surface area contributed by atoms with Gasteiger partial charge in [0, 0.05) is 19.3 Å². The SMILES string of the molecule is N#Cc1c[nH]c(C(=O)N2CCC(C#N)(c3ccccc3)CC2)c1. The number of nitrogens with zero attached hydrogens (tertiary/aromatic N) is 3. The van der Waals surface area contributed by atoms with Gasteiger partial charge in [0.05, 0.1) is 17.0 Å². The van der Waals surface area contributed by atoms with Gasteiger partial charge in [-0.1, -0.05) is 30.3 Å². The molecule has 5 heteroatoms. The second kappa shape index (κ2) is 5.98. The number of hydrogen-bond acceptors (Lipinski definition) is 3. The number of carbonyl (C=O) groups is 1. The Bertz CT molecular complexity index is 786. The number of nitriles is 2. The van der Waals surface area contributed by atoms with Crippen molar-refractivity contribution in [3.8, 4) is 12.1 Å². The molecule has 1 amide bonds. The molecule has 2 heterocycles. The molecule has 1 aliphatic rings. The van der Waals surface area contributed by atoms with Crippen LogP contribution >= 0.6 is 0 Å². The van der Waals surface area contributed by atoms with Crippen molar-refractivity contribution < 1.29 is 4.79 Å². The van der Waals surface area contributed by atoms with Crippen molar-refractivity contribution in [3.63, 3.8) is 0 Å². The Labute approximate surface area is 134 Å². The van der Waals surface area contributed by atoms with Crippen LogP contribution in [0.4, 0.5) is 0 Å². The van der Waals surface area contributed by atoms with E-state index in [0.717, 1.165) is 5.56 Å². The normalized spacial score (nSPS) is 16.3. The molecule has 0 atom stereocenters. The maximum atomic E-state index is 12.5. The van der Waals surface area contributed by atoms with Crippen LogP contribution in [0.2, 0.25) is 0 Å². The summed E-state index contributed by atoms with van der Waals surface area (Å²) in [4.78, 5) is 17.1. The van der Waals surface area contributed by atoms with Crippen LogP contribution in [0.3, 0.4) is 0 Å². The van der Waals surface area contributed by atoms with Gasteiger partial charge in [-0.25, -0.2) is 0 Å². The lowest BCUT2D eigenvalue weighted by Gasteiger charge is -2.37. The van der Waals surface area contributed by atoms with Gasteiger partial charge in [-0.3, -0.25) is 4.79 Å². The summed E-state index contributed by atoms with van der Waals surface area (Å²) in [7, 11) is 0. The van der Waals surface area contributed by atoms with Gasteiger partial charge in [0.15, 0.2) is 0 Å². The molecule has 5 nitrogen and oxygen atoms in total. The zero-order valence-corrected chi connectivity index (χ0v) is 12.6. The summed E-state index contributed by atoms with van der Waals surface area (Å²) in [6.07, 6.45) is 2.76. The first-order valence-electron chi connectivity index (χ1n) is 7.53. The van der Waals surface area contributed by atoms with E-state index in [2.05, 4.69) is 11.1 Å². The largest absolute Gasteiger partial charge is 0.356 e. The number of nitrogens with one attached hydrogen (secondary N) is 1. The first-order valence-corrected chi connectivity index (χ1v) is 7.53. The van der Waals surface area contributed by atoms with E-state index in [0.29, 0.717) is 37.2 Å². The highest BCUT2D eigenvalue weighted by Crippen LogP contribution is 2.35. The highest BCUT2D eigenvalue weighted by molar-refractivity contribution is 5.93. The number of rotatable bonds is 2. The van der Waals surface area contributed by atoms with Crippen molar-refractivity contribution in [2.75, 3.05) is 13.1 Å². The summed E-state index contributed by atoms with van der Waals surface area (Å²) in [5.41, 5.74) is 1.36. The maximum Gasteiger partial charge on any atom is 0.270 e. The minimum atomic E-state index is -0.522. The van der Waals surface area contributed by atoms with Crippen LogP contribution < -0.4 is 0 Å². The van der Waals surface area contributed by atoms with E-state index in [1.807, 2.05) is 36.4 Å². The minimum Gasteiger partial charge on any atom is -0.356 e. The summed E-state index contributed by atoms with van der Waals surface area (Å²) in [6.45, 7) is 1.06. The molecule has 23 heavy (non-hydrogen) atoms. The molecule has 0 bridgehead atoms. The van der Waals surface area contributed by atoms with Crippen molar-refractivity contribution in [1.82, 2.24) is 9.88 Å². The minimum absolute atomic E-state index is 0.119. The number of carbonyl (C=O) groups excluding carboxylic acids is 1. The van der Waals surface area contributed by atoms with Crippen LogP contribution in [-0.4, -0.2) is 28.9 Å². The summed E-state index contributed by atoms with van der Waals surface area (Å²) in [5.74, 6) is -0.119. The standard InChI is InChI=1S/C18H16N4O/c19-11-14-10-16(21-12-14)17(23)22-8-6-18(13-20,7-9-22)15-4-2-1-3-5-15/h1-5,10,12,21H,6-9H2. The van der Waals surface area contributed by atoms with Gasteiger partial charge in [-0.05, 0) is 24.5 Å². The molecule has 0 radical (unpaired) electrons.